The molecule has 6 heteroatoms. The van der Waals surface area contributed by atoms with Crippen molar-refractivity contribution >= 4 is 35.1 Å². The molecule has 0 spiro atoms. The highest BCUT2D eigenvalue weighted by Crippen LogP contribution is 2.12. The van der Waals surface area contributed by atoms with Crippen molar-refractivity contribution in [2.45, 2.75) is 6.42 Å². The molecule has 0 saturated carbocycles. The molecule has 0 fully saturated rings. The molecular weight excluding hydrogens is 284 g/mol. The Labute approximate surface area is 122 Å². The second-order valence-electron chi connectivity index (χ2n) is 3.92. The van der Waals surface area contributed by atoms with Gasteiger partial charge in [0.2, 0.25) is 5.91 Å². The van der Waals surface area contributed by atoms with E-state index in [4.69, 9.17) is 17.3 Å². The fourth-order valence-electron chi connectivity index (χ4n) is 1.34. The van der Waals surface area contributed by atoms with Gasteiger partial charge in [-0.2, -0.15) is 0 Å². The van der Waals surface area contributed by atoms with Crippen LogP contribution in [-0.2, 0) is 4.79 Å². The van der Waals surface area contributed by atoms with E-state index in [9.17, 15) is 9.59 Å². The second kappa shape index (κ2) is 8.96. The number of halogens is 1. The van der Waals surface area contributed by atoms with Gasteiger partial charge in [0, 0.05) is 17.1 Å². The molecule has 0 radical (unpaired) electrons. The molecule has 1 rings (SSSR count). The topological polar surface area (TPSA) is 72.2 Å². The Morgan fingerprint density at radius 1 is 1.21 bits per heavy atom. The van der Waals surface area contributed by atoms with Gasteiger partial charge >= 0.3 is 0 Å². The van der Waals surface area contributed by atoms with E-state index in [0.717, 1.165) is 6.42 Å². The molecule has 1 amide bonds. The number of nitrogens with two attached hydrogens (primary N) is 1. The van der Waals surface area contributed by atoms with Gasteiger partial charge in [0.15, 0.2) is 5.78 Å². The SMILES string of the molecule is NCCCNC(=O)CSCC(=O)c1ccc(Cl)cc1. The summed E-state index contributed by atoms with van der Waals surface area (Å²) in [5, 5.41) is 3.34. The van der Waals surface area contributed by atoms with Gasteiger partial charge in [0.25, 0.3) is 0 Å². The molecule has 4 nitrogen and oxygen atoms in total. The van der Waals surface area contributed by atoms with Crippen LogP contribution in [0.4, 0.5) is 0 Å². The summed E-state index contributed by atoms with van der Waals surface area (Å²) < 4.78 is 0. The number of amides is 1. The van der Waals surface area contributed by atoms with Crippen LogP contribution >= 0.6 is 23.4 Å². The van der Waals surface area contributed by atoms with E-state index in [1.165, 1.54) is 11.8 Å². The minimum absolute atomic E-state index is 0.00331. The zero-order valence-electron chi connectivity index (χ0n) is 10.5. The Morgan fingerprint density at radius 3 is 2.53 bits per heavy atom. The van der Waals surface area contributed by atoms with Crippen molar-refractivity contribution in [2.24, 2.45) is 5.73 Å². The lowest BCUT2D eigenvalue weighted by molar-refractivity contribution is -0.118. The number of carbonyl (C=O) groups is 2. The highest BCUT2D eigenvalue weighted by Gasteiger charge is 2.07. The molecule has 3 N–H and O–H groups in total. The molecule has 0 saturated heterocycles. The Kier molecular flexibility index (Phi) is 7.55. The Hall–Kier alpha value is -1.04. The second-order valence-corrected chi connectivity index (χ2v) is 5.34. The van der Waals surface area contributed by atoms with Crippen molar-refractivity contribution < 1.29 is 9.59 Å². The van der Waals surface area contributed by atoms with Crippen LogP contribution in [0.3, 0.4) is 0 Å². The summed E-state index contributed by atoms with van der Waals surface area (Å²) in [6, 6.07) is 6.73. The van der Waals surface area contributed by atoms with Gasteiger partial charge in [-0.15, -0.1) is 11.8 Å². The van der Waals surface area contributed by atoms with Crippen molar-refractivity contribution in [2.75, 3.05) is 24.6 Å². The van der Waals surface area contributed by atoms with Gasteiger partial charge in [-0.25, -0.2) is 0 Å². The largest absolute Gasteiger partial charge is 0.355 e. The summed E-state index contributed by atoms with van der Waals surface area (Å²) >= 11 is 7.05. The molecule has 0 aliphatic rings. The maximum Gasteiger partial charge on any atom is 0.230 e. The molecule has 1 aromatic carbocycles. The summed E-state index contributed by atoms with van der Waals surface area (Å²) in [4.78, 5) is 23.2. The van der Waals surface area contributed by atoms with Crippen LogP contribution in [0.25, 0.3) is 0 Å². The molecule has 104 valence electrons. The zero-order valence-corrected chi connectivity index (χ0v) is 12.1. The maximum absolute atomic E-state index is 11.8. The molecular formula is C13H17ClN2O2S. The Morgan fingerprint density at radius 2 is 1.89 bits per heavy atom. The van der Waals surface area contributed by atoms with E-state index in [2.05, 4.69) is 5.32 Å². The van der Waals surface area contributed by atoms with E-state index < -0.39 is 0 Å². The summed E-state index contributed by atoms with van der Waals surface area (Å²) in [6.45, 7) is 1.14. The lowest BCUT2D eigenvalue weighted by Crippen LogP contribution is -2.27. The monoisotopic (exact) mass is 300 g/mol. The van der Waals surface area contributed by atoms with E-state index in [-0.39, 0.29) is 23.2 Å². The third-order valence-corrected chi connectivity index (χ3v) is 3.52. The first-order valence-electron chi connectivity index (χ1n) is 5.96. The number of hydrogen-bond donors (Lipinski definition) is 2. The molecule has 0 aliphatic carbocycles. The summed E-state index contributed by atoms with van der Waals surface area (Å²) in [5.41, 5.74) is 5.93. The lowest BCUT2D eigenvalue weighted by Gasteiger charge is -2.04. The van der Waals surface area contributed by atoms with Crippen LogP contribution < -0.4 is 11.1 Å². The molecule has 0 atom stereocenters. The average molecular weight is 301 g/mol. The van der Waals surface area contributed by atoms with E-state index in [1.807, 2.05) is 0 Å². The number of carbonyl (C=O) groups excluding carboxylic acids is 2. The van der Waals surface area contributed by atoms with E-state index >= 15 is 0 Å². The third-order valence-electron chi connectivity index (χ3n) is 2.34. The van der Waals surface area contributed by atoms with Crippen molar-refractivity contribution in [3.63, 3.8) is 0 Å². The molecule has 0 heterocycles. The summed E-state index contributed by atoms with van der Waals surface area (Å²) in [6.07, 6.45) is 0.764. The highest BCUT2D eigenvalue weighted by molar-refractivity contribution is 8.00. The first kappa shape index (κ1) is 16.0. The van der Waals surface area contributed by atoms with Crippen LogP contribution in [-0.4, -0.2) is 36.3 Å². The predicted octanol–water partition coefficient (Wildman–Crippen LogP) is 1.72. The lowest BCUT2D eigenvalue weighted by atomic mass is 10.1. The highest BCUT2D eigenvalue weighted by atomic mass is 35.5. The van der Waals surface area contributed by atoms with Gasteiger partial charge in [-0.05, 0) is 37.2 Å². The Bertz CT molecular complexity index is 423. The predicted molar refractivity (Wildman–Crippen MR) is 79.8 cm³/mol. The van der Waals surface area contributed by atoms with E-state index in [1.54, 1.807) is 24.3 Å². The van der Waals surface area contributed by atoms with Gasteiger partial charge < -0.3 is 11.1 Å². The fraction of sp³-hybridized carbons (Fsp3) is 0.385. The van der Waals surface area contributed by atoms with E-state index in [0.29, 0.717) is 23.7 Å². The van der Waals surface area contributed by atoms with Crippen molar-refractivity contribution in [1.82, 2.24) is 5.32 Å². The minimum atomic E-state index is -0.0673. The third kappa shape index (κ3) is 6.61. The molecule has 19 heavy (non-hydrogen) atoms. The van der Waals surface area contributed by atoms with Crippen LogP contribution in [0.1, 0.15) is 16.8 Å². The first-order chi connectivity index (χ1) is 9.13. The van der Waals surface area contributed by atoms with Crippen LogP contribution in [0.2, 0.25) is 5.02 Å². The fourth-order valence-corrected chi connectivity index (χ4v) is 2.20. The van der Waals surface area contributed by atoms with Crippen LogP contribution in [0.5, 0.6) is 0 Å². The first-order valence-corrected chi connectivity index (χ1v) is 7.50. The van der Waals surface area contributed by atoms with Crippen molar-refractivity contribution in [3.8, 4) is 0 Å². The van der Waals surface area contributed by atoms with Crippen molar-refractivity contribution in [1.29, 1.82) is 0 Å². The maximum atomic E-state index is 11.8. The van der Waals surface area contributed by atoms with Gasteiger partial charge in [0.1, 0.15) is 0 Å². The number of ketones is 1. The standard InChI is InChI=1S/C13H17ClN2O2S/c14-11-4-2-10(3-5-11)12(17)8-19-9-13(18)16-7-1-6-15/h2-5H,1,6-9,15H2,(H,16,18). The molecule has 0 aromatic heterocycles. The number of Topliss-reactive ketones (excluding diaryl/α,β-unsaturated/α-hetero) is 1. The normalized spacial score (nSPS) is 10.2. The van der Waals surface area contributed by atoms with Crippen molar-refractivity contribution in [3.05, 3.63) is 34.9 Å². The zero-order chi connectivity index (χ0) is 14.1. The van der Waals surface area contributed by atoms with Crippen LogP contribution in [0, 0.1) is 0 Å². The quantitative estimate of drug-likeness (QED) is 0.566. The molecule has 1 aromatic rings. The summed E-state index contributed by atoms with van der Waals surface area (Å²) in [7, 11) is 0. The van der Waals surface area contributed by atoms with Gasteiger partial charge in [-0.1, -0.05) is 11.6 Å². The van der Waals surface area contributed by atoms with Gasteiger partial charge in [0.05, 0.1) is 11.5 Å². The molecule has 0 aliphatic heterocycles. The average Bonchev–Trinajstić information content (AvgIpc) is 2.39. The van der Waals surface area contributed by atoms with Gasteiger partial charge in [-0.3, -0.25) is 9.59 Å². The number of benzene rings is 1. The number of nitrogens with one attached hydrogen (secondary N) is 1. The number of hydrogen-bond acceptors (Lipinski definition) is 4. The smallest absolute Gasteiger partial charge is 0.230 e. The summed E-state index contributed by atoms with van der Waals surface area (Å²) in [5.74, 6) is 0.495. The van der Waals surface area contributed by atoms with Crippen LogP contribution in [0.15, 0.2) is 24.3 Å². The number of thioether (sulfide) groups is 1. The Balaban J connectivity index is 2.23. The minimum Gasteiger partial charge on any atom is -0.355 e. The molecule has 0 unspecified atom stereocenters. The number of rotatable bonds is 8. The molecule has 0 bridgehead atoms.